The van der Waals surface area contributed by atoms with Crippen LogP contribution in [0.4, 0.5) is 4.39 Å². The maximum absolute atomic E-state index is 13.8. The number of rotatable bonds is 5. The first kappa shape index (κ1) is 17.8. The van der Waals surface area contributed by atoms with Crippen molar-refractivity contribution in [3.63, 3.8) is 0 Å². The fourth-order valence-electron chi connectivity index (χ4n) is 2.95. The Balaban J connectivity index is 1.42. The summed E-state index contributed by atoms with van der Waals surface area (Å²) in [6.45, 7) is 1.52. The number of nitrogens with zero attached hydrogens (tertiary/aromatic N) is 4. The Morgan fingerprint density at radius 2 is 2.36 bits per heavy atom. The molecule has 0 aliphatic carbocycles. The second-order valence-corrected chi connectivity index (χ2v) is 6.99. The quantitative estimate of drug-likeness (QED) is 0.452. The lowest BCUT2D eigenvalue weighted by molar-refractivity contribution is 0.392. The van der Waals surface area contributed by atoms with E-state index in [9.17, 15) is 4.39 Å². The van der Waals surface area contributed by atoms with E-state index in [1.165, 1.54) is 6.07 Å². The van der Waals surface area contributed by atoms with Crippen LogP contribution < -0.4 is 10.6 Å². The number of benzene rings is 1. The Labute approximate surface area is 155 Å². The van der Waals surface area contributed by atoms with Gasteiger partial charge in [0.2, 0.25) is 0 Å². The van der Waals surface area contributed by atoms with Crippen LogP contribution >= 0.6 is 15.9 Å². The highest BCUT2D eigenvalue weighted by Crippen LogP contribution is 2.16. The Bertz CT molecular complexity index is 744. The summed E-state index contributed by atoms with van der Waals surface area (Å²) in [7, 11) is 1.76. The maximum Gasteiger partial charge on any atom is 0.191 e. The lowest BCUT2D eigenvalue weighted by Crippen LogP contribution is -2.47. The average molecular weight is 409 g/mol. The van der Waals surface area contributed by atoms with Crippen molar-refractivity contribution in [1.29, 1.82) is 0 Å². The van der Waals surface area contributed by atoms with E-state index in [1.54, 1.807) is 13.4 Å². The first-order valence-electron chi connectivity index (χ1n) is 8.43. The number of halogens is 2. The Morgan fingerprint density at radius 3 is 3.16 bits per heavy atom. The minimum Gasteiger partial charge on any atom is -0.356 e. The summed E-state index contributed by atoms with van der Waals surface area (Å²) in [6, 6.07) is 5.48. The number of hydrogen-bond acceptors (Lipinski definition) is 3. The number of aryl methyl sites for hydroxylation is 2. The molecule has 25 heavy (non-hydrogen) atoms. The van der Waals surface area contributed by atoms with Crippen LogP contribution in [0.2, 0.25) is 0 Å². The van der Waals surface area contributed by atoms with Gasteiger partial charge in [-0.15, -0.1) is 0 Å². The lowest BCUT2D eigenvalue weighted by atomic mass is 10.1. The van der Waals surface area contributed by atoms with Crippen molar-refractivity contribution >= 4 is 21.9 Å². The first-order valence-corrected chi connectivity index (χ1v) is 9.23. The van der Waals surface area contributed by atoms with Gasteiger partial charge in [0.05, 0.1) is 6.54 Å². The molecular weight excluding hydrogens is 387 g/mol. The molecule has 1 atom stereocenters. The molecule has 1 unspecified atom stereocenters. The van der Waals surface area contributed by atoms with E-state index in [0.29, 0.717) is 6.42 Å². The monoisotopic (exact) mass is 408 g/mol. The Kier molecular flexibility index (Phi) is 6.01. The molecule has 0 spiro atoms. The van der Waals surface area contributed by atoms with Gasteiger partial charge in [0.1, 0.15) is 18.0 Å². The predicted octanol–water partition coefficient (Wildman–Crippen LogP) is 2.29. The van der Waals surface area contributed by atoms with Crippen LogP contribution in [-0.2, 0) is 19.4 Å². The molecule has 0 radical (unpaired) electrons. The molecule has 8 heteroatoms. The molecule has 1 aromatic heterocycles. The topological polar surface area (TPSA) is 67.1 Å². The van der Waals surface area contributed by atoms with Gasteiger partial charge in [0, 0.05) is 30.5 Å². The van der Waals surface area contributed by atoms with Crippen LogP contribution in [0.25, 0.3) is 0 Å². The molecule has 134 valence electrons. The molecule has 1 aliphatic heterocycles. The smallest absolute Gasteiger partial charge is 0.191 e. The van der Waals surface area contributed by atoms with E-state index in [4.69, 9.17) is 0 Å². The highest BCUT2D eigenvalue weighted by atomic mass is 79.9. The van der Waals surface area contributed by atoms with Crippen molar-refractivity contribution in [1.82, 2.24) is 25.4 Å². The van der Waals surface area contributed by atoms with Gasteiger partial charge in [-0.2, -0.15) is 5.10 Å². The third-order valence-electron chi connectivity index (χ3n) is 4.30. The summed E-state index contributed by atoms with van der Waals surface area (Å²) < 4.78 is 16.5. The highest BCUT2D eigenvalue weighted by molar-refractivity contribution is 9.10. The van der Waals surface area contributed by atoms with Gasteiger partial charge >= 0.3 is 0 Å². The summed E-state index contributed by atoms with van der Waals surface area (Å²) in [5, 5.41) is 11.0. The van der Waals surface area contributed by atoms with E-state index in [2.05, 4.69) is 41.6 Å². The van der Waals surface area contributed by atoms with Crippen molar-refractivity contribution in [3.8, 4) is 0 Å². The zero-order chi connectivity index (χ0) is 17.6. The van der Waals surface area contributed by atoms with Gasteiger partial charge in [-0.25, -0.2) is 14.1 Å². The fourth-order valence-corrected chi connectivity index (χ4v) is 3.29. The van der Waals surface area contributed by atoms with Crippen molar-refractivity contribution in [2.75, 3.05) is 13.6 Å². The van der Waals surface area contributed by atoms with Crippen molar-refractivity contribution < 1.29 is 4.39 Å². The molecule has 2 aromatic rings. The van der Waals surface area contributed by atoms with Gasteiger partial charge < -0.3 is 10.6 Å². The van der Waals surface area contributed by atoms with Crippen LogP contribution in [0.1, 0.15) is 24.2 Å². The Morgan fingerprint density at radius 1 is 1.48 bits per heavy atom. The molecule has 0 saturated heterocycles. The van der Waals surface area contributed by atoms with Crippen LogP contribution in [0, 0.1) is 5.82 Å². The average Bonchev–Trinajstić information content (AvgIpc) is 3.06. The normalized spacial score (nSPS) is 17.2. The molecule has 3 rings (SSSR count). The third-order valence-corrected chi connectivity index (χ3v) is 4.79. The van der Waals surface area contributed by atoms with E-state index in [0.717, 1.165) is 54.2 Å². The fraction of sp³-hybridized carbons (Fsp3) is 0.471. The summed E-state index contributed by atoms with van der Waals surface area (Å²) >= 11 is 3.27. The second kappa shape index (κ2) is 8.42. The number of aliphatic imine (C=N–C) groups is 1. The van der Waals surface area contributed by atoms with Crippen LogP contribution in [0.3, 0.4) is 0 Å². The first-order chi connectivity index (χ1) is 12.2. The summed E-state index contributed by atoms with van der Waals surface area (Å²) in [5.74, 6) is 1.64. The second-order valence-electron chi connectivity index (χ2n) is 6.08. The van der Waals surface area contributed by atoms with E-state index >= 15 is 0 Å². The van der Waals surface area contributed by atoms with Crippen molar-refractivity contribution in [2.24, 2.45) is 4.99 Å². The van der Waals surface area contributed by atoms with E-state index in [-0.39, 0.29) is 11.9 Å². The zero-order valence-corrected chi connectivity index (χ0v) is 15.8. The summed E-state index contributed by atoms with van der Waals surface area (Å²) in [5.41, 5.74) is 0.735. The van der Waals surface area contributed by atoms with Gasteiger partial charge in [0.25, 0.3) is 0 Å². The number of hydrogen-bond donors (Lipinski definition) is 2. The van der Waals surface area contributed by atoms with Crippen molar-refractivity contribution in [2.45, 2.75) is 38.3 Å². The lowest BCUT2D eigenvalue weighted by Gasteiger charge is -2.25. The largest absolute Gasteiger partial charge is 0.356 e. The number of nitrogens with one attached hydrogen (secondary N) is 2. The molecule has 0 bridgehead atoms. The predicted molar refractivity (Wildman–Crippen MR) is 99.0 cm³/mol. The van der Waals surface area contributed by atoms with Crippen molar-refractivity contribution in [3.05, 3.63) is 46.2 Å². The molecule has 0 amide bonds. The van der Waals surface area contributed by atoms with Gasteiger partial charge in [-0.1, -0.05) is 22.0 Å². The highest BCUT2D eigenvalue weighted by Gasteiger charge is 2.20. The molecule has 1 aliphatic rings. The van der Waals surface area contributed by atoms with Gasteiger partial charge in [-0.3, -0.25) is 4.99 Å². The van der Waals surface area contributed by atoms with E-state index < -0.39 is 0 Å². The third kappa shape index (κ3) is 4.78. The summed E-state index contributed by atoms with van der Waals surface area (Å²) in [6.07, 6.45) is 5.04. The molecule has 1 aromatic carbocycles. The SMILES string of the molecule is CN=C(NCCCc1ccc(Br)cc1F)NC1CCc2ncnn2C1. The van der Waals surface area contributed by atoms with Crippen LogP contribution in [0.5, 0.6) is 0 Å². The Hall–Kier alpha value is -1.96. The molecule has 2 heterocycles. The van der Waals surface area contributed by atoms with Crippen LogP contribution in [-0.4, -0.2) is 40.4 Å². The van der Waals surface area contributed by atoms with Crippen LogP contribution in [0.15, 0.2) is 34.0 Å². The number of guanidine groups is 1. The zero-order valence-electron chi connectivity index (χ0n) is 14.2. The van der Waals surface area contributed by atoms with Gasteiger partial charge in [-0.05, 0) is 37.0 Å². The molecule has 2 N–H and O–H groups in total. The molecule has 0 fully saturated rings. The number of fused-ring (bicyclic) bond motifs is 1. The number of aromatic nitrogens is 3. The summed E-state index contributed by atoms with van der Waals surface area (Å²) in [4.78, 5) is 8.51. The molecule has 6 nitrogen and oxygen atoms in total. The minimum atomic E-state index is -0.164. The maximum atomic E-state index is 13.8. The molecule has 0 saturated carbocycles. The van der Waals surface area contributed by atoms with Gasteiger partial charge in [0.15, 0.2) is 5.96 Å². The minimum absolute atomic E-state index is 0.164. The standard InChI is InChI=1S/C17H22BrFN6/c1-20-17(24-14-6-7-16-22-11-23-25(16)10-14)21-8-2-3-12-4-5-13(18)9-15(12)19/h4-5,9,11,14H,2-3,6-8,10H2,1H3,(H2,20,21,24). The molecular formula is C17H22BrFN6. The van der Waals surface area contributed by atoms with E-state index in [1.807, 2.05) is 16.8 Å².